The first-order chi connectivity index (χ1) is 16.6. The van der Waals surface area contributed by atoms with Crippen molar-refractivity contribution in [3.63, 3.8) is 0 Å². The van der Waals surface area contributed by atoms with Gasteiger partial charge in [-0.15, -0.1) is 0 Å². The molecule has 4 nitrogen and oxygen atoms in total. The van der Waals surface area contributed by atoms with Gasteiger partial charge in [0.25, 0.3) is 0 Å². The van der Waals surface area contributed by atoms with Crippen molar-refractivity contribution in [1.29, 1.82) is 0 Å². The number of nitrogens with zero attached hydrogens (tertiary/aromatic N) is 3. The van der Waals surface area contributed by atoms with Gasteiger partial charge in [-0.2, -0.15) is 0 Å². The van der Waals surface area contributed by atoms with Crippen molar-refractivity contribution in [2.24, 2.45) is 5.92 Å². The molecule has 0 unspecified atom stereocenters. The third-order valence-corrected chi connectivity index (χ3v) is 6.33. The molecule has 0 bridgehead atoms. The topological polar surface area (TPSA) is 51.8 Å². The Kier molecular flexibility index (Phi) is 4.37. The van der Waals surface area contributed by atoms with Crippen LogP contribution in [0.3, 0.4) is 0 Å². The van der Waals surface area contributed by atoms with Crippen LogP contribution in [0.4, 0.5) is 0 Å². The van der Waals surface area contributed by atoms with Crippen molar-refractivity contribution in [2.75, 3.05) is 0 Å². The molecule has 5 aromatic rings. The molecule has 1 aromatic carbocycles. The van der Waals surface area contributed by atoms with Gasteiger partial charge in [-0.05, 0) is 42.1 Å². The fourth-order valence-corrected chi connectivity index (χ4v) is 4.67. The first-order valence-electron chi connectivity index (χ1n) is 12.3. The lowest BCUT2D eigenvalue weighted by Crippen LogP contribution is -2.09. The first kappa shape index (κ1) is 17.1. The fourth-order valence-electron chi connectivity index (χ4n) is 4.67. The maximum Gasteiger partial charge on any atom is 0.227 e. The monoisotopic (exact) mass is 421 g/mol. The molecule has 1 aliphatic rings. The Morgan fingerprint density at radius 1 is 0.906 bits per heavy atom. The molecule has 0 aliphatic heterocycles. The predicted octanol–water partition coefficient (Wildman–Crippen LogP) is 7.23. The minimum Gasteiger partial charge on any atom is -0.437 e. The number of aromatic nitrogens is 3. The Hall–Kier alpha value is -3.53. The smallest absolute Gasteiger partial charge is 0.227 e. The minimum atomic E-state index is -1.39. The minimum absolute atomic E-state index is 0.0391. The van der Waals surface area contributed by atoms with Crippen LogP contribution in [-0.4, -0.2) is 15.0 Å². The average Bonchev–Trinajstić information content (AvgIpc) is 3.28. The highest BCUT2D eigenvalue weighted by atomic mass is 16.3. The zero-order chi connectivity index (χ0) is 23.1. The van der Waals surface area contributed by atoms with Gasteiger partial charge in [-0.1, -0.05) is 62.4 Å². The van der Waals surface area contributed by atoms with Crippen LogP contribution in [0.5, 0.6) is 0 Å². The number of hydrogen-bond donors (Lipinski definition) is 0. The highest BCUT2D eigenvalue weighted by Gasteiger charge is 2.17. The van der Waals surface area contributed by atoms with Gasteiger partial charge < -0.3 is 4.42 Å². The van der Waals surface area contributed by atoms with Crippen LogP contribution < -0.4 is 0 Å². The van der Waals surface area contributed by atoms with E-state index in [2.05, 4.69) is 9.97 Å². The molecule has 158 valence electrons. The average molecular weight is 422 g/mol. The summed E-state index contributed by atoms with van der Waals surface area (Å²) >= 11 is 0. The third-order valence-electron chi connectivity index (χ3n) is 6.33. The molecule has 6 rings (SSSR count). The van der Waals surface area contributed by atoms with Crippen molar-refractivity contribution in [3.05, 3.63) is 78.8 Å². The Balaban J connectivity index is 1.44. The predicted molar refractivity (Wildman–Crippen MR) is 128 cm³/mol. The van der Waals surface area contributed by atoms with E-state index in [0.29, 0.717) is 22.6 Å². The molecule has 1 saturated carbocycles. The lowest BCUT2D eigenvalue weighted by atomic mass is 9.85. The number of benzene rings is 1. The molecule has 4 aromatic heterocycles. The number of hydrogen-bond acceptors (Lipinski definition) is 4. The second-order valence-electron chi connectivity index (χ2n) is 8.49. The second-order valence-corrected chi connectivity index (χ2v) is 8.49. The Morgan fingerprint density at radius 2 is 1.78 bits per heavy atom. The van der Waals surface area contributed by atoms with E-state index >= 15 is 0 Å². The summed E-state index contributed by atoms with van der Waals surface area (Å²) in [6, 6.07) is 17.7. The molecular weight excluding hydrogens is 394 g/mol. The van der Waals surface area contributed by atoms with Gasteiger partial charge in [0.15, 0.2) is 0 Å². The molecule has 4 heterocycles. The normalized spacial score (nSPS) is 16.2. The molecule has 0 atom stereocenters. The van der Waals surface area contributed by atoms with Crippen molar-refractivity contribution in [2.45, 2.75) is 38.5 Å². The molecule has 0 N–H and O–H groups in total. The molecule has 0 spiro atoms. The van der Waals surface area contributed by atoms with Crippen LogP contribution in [0, 0.1) is 5.92 Å². The van der Waals surface area contributed by atoms with Crippen molar-refractivity contribution in [1.82, 2.24) is 15.0 Å². The Bertz CT molecular complexity index is 1470. The second kappa shape index (κ2) is 8.19. The van der Waals surface area contributed by atoms with E-state index in [0.717, 1.165) is 53.3 Å². The quantitative estimate of drug-likeness (QED) is 0.307. The van der Waals surface area contributed by atoms with Crippen LogP contribution in [0.2, 0.25) is 0 Å². The fraction of sp³-hybridized carbons (Fsp3) is 0.250. The van der Waals surface area contributed by atoms with Gasteiger partial charge in [0.1, 0.15) is 5.58 Å². The third kappa shape index (κ3) is 3.56. The Morgan fingerprint density at radius 3 is 2.66 bits per heavy atom. The number of fused-ring (bicyclic) bond motifs is 3. The molecule has 1 fully saturated rings. The van der Waals surface area contributed by atoms with Gasteiger partial charge >= 0.3 is 0 Å². The lowest BCUT2D eigenvalue weighted by Gasteiger charge is -2.21. The van der Waals surface area contributed by atoms with E-state index in [1.165, 1.54) is 6.42 Å². The van der Waals surface area contributed by atoms with E-state index in [1.807, 2.05) is 48.5 Å². The van der Waals surface area contributed by atoms with Crippen LogP contribution in [0.25, 0.3) is 44.6 Å². The molecule has 1 aliphatic carbocycles. The summed E-state index contributed by atoms with van der Waals surface area (Å²) in [6.45, 7) is 0. The summed E-state index contributed by atoms with van der Waals surface area (Å²) in [7, 11) is 0. The van der Waals surface area contributed by atoms with E-state index < -0.39 is 6.37 Å². The Labute approximate surface area is 190 Å². The summed E-state index contributed by atoms with van der Waals surface area (Å²) in [5, 5.41) is 1.78. The van der Waals surface area contributed by atoms with Gasteiger partial charge in [-0.25, -0.2) is 4.98 Å². The van der Waals surface area contributed by atoms with Crippen LogP contribution >= 0.6 is 0 Å². The molecule has 0 saturated heterocycles. The van der Waals surface area contributed by atoms with E-state index in [1.54, 1.807) is 24.7 Å². The number of pyridine rings is 3. The summed E-state index contributed by atoms with van der Waals surface area (Å²) in [5.41, 5.74) is 5.19. The highest BCUT2D eigenvalue weighted by molar-refractivity contribution is 6.08. The van der Waals surface area contributed by atoms with Crippen molar-refractivity contribution >= 4 is 22.1 Å². The number of furan rings is 1. The van der Waals surface area contributed by atoms with E-state index in [9.17, 15) is 0 Å². The van der Waals surface area contributed by atoms with Gasteiger partial charge in [0.05, 0.1) is 17.0 Å². The zero-order valence-corrected chi connectivity index (χ0v) is 17.8. The zero-order valence-electron chi connectivity index (χ0n) is 19.8. The largest absolute Gasteiger partial charge is 0.437 e. The van der Waals surface area contributed by atoms with Crippen molar-refractivity contribution in [3.8, 4) is 22.5 Å². The van der Waals surface area contributed by atoms with Crippen LogP contribution in [-0.2, 0) is 6.37 Å². The highest BCUT2D eigenvalue weighted by Crippen LogP contribution is 2.35. The van der Waals surface area contributed by atoms with Gasteiger partial charge in [0.2, 0.25) is 5.71 Å². The van der Waals surface area contributed by atoms with E-state index in [-0.39, 0.29) is 5.92 Å². The molecule has 32 heavy (non-hydrogen) atoms. The molecule has 0 radical (unpaired) electrons. The molecule has 4 heteroatoms. The lowest BCUT2D eigenvalue weighted by molar-refractivity contribution is 0.356. The summed E-state index contributed by atoms with van der Waals surface area (Å²) < 4.78 is 24.0. The maximum atomic E-state index is 8.87. The molecular formula is C28H25N3O. The summed E-state index contributed by atoms with van der Waals surface area (Å²) in [6.07, 6.45) is 9.10. The summed E-state index contributed by atoms with van der Waals surface area (Å²) in [5.74, 6) is 0.0391. The van der Waals surface area contributed by atoms with Crippen molar-refractivity contribution < 1.29 is 7.16 Å². The first-order valence-corrected chi connectivity index (χ1v) is 11.3. The van der Waals surface area contributed by atoms with Gasteiger partial charge in [0, 0.05) is 37.7 Å². The SMILES string of the molecule is [2H]C([2H])(c1ccnc(-c2cncc3c2oc2nc(-c4ccccc4)ccc23)c1)C1CCCCC1. The standard InChI is InChI=1S/C28H25N3O/c1-3-7-19(8-4-1)15-20-13-14-30-26(16-20)24-18-29-17-23-22-11-12-25(21-9-5-2-6-10-21)31-28(22)32-27(23)24/h2,5-6,9-14,16-19H,1,3-4,7-8,15H2/i15D2. The van der Waals surface area contributed by atoms with Crippen LogP contribution in [0.15, 0.2) is 77.6 Å². The molecule has 0 amide bonds. The van der Waals surface area contributed by atoms with Gasteiger partial charge in [-0.3, -0.25) is 9.97 Å². The number of rotatable bonds is 4. The maximum absolute atomic E-state index is 8.87. The van der Waals surface area contributed by atoms with Crippen LogP contribution in [0.1, 0.15) is 40.4 Å². The summed E-state index contributed by atoms with van der Waals surface area (Å²) in [4.78, 5) is 13.8. The van der Waals surface area contributed by atoms with E-state index in [4.69, 9.17) is 12.1 Å².